The fraction of sp³-hybridized carbons (Fsp3) is 0.308. The summed E-state index contributed by atoms with van der Waals surface area (Å²) >= 11 is 9.43. The minimum atomic E-state index is 0.386. The van der Waals surface area contributed by atoms with Crippen LogP contribution in [-0.4, -0.2) is 0 Å². The number of fused-ring (bicyclic) bond motifs is 1. The summed E-state index contributed by atoms with van der Waals surface area (Å²) in [5, 5.41) is 10.7. The monoisotopic (exact) mass is 311 g/mol. The van der Waals surface area contributed by atoms with Gasteiger partial charge in [0, 0.05) is 16.0 Å². The van der Waals surface area contributed by atoms with Crippen LogP contribution in [-0.2, 0) is 6.42 Å². The molecule has 0 spiro atoms. The number of halogens is 2. The summed E-state index contributed by atoms with van der Waals surface area (Å²) in [6, 6.07) is 5.73. The number of furan rings is 1. The molecule has 0 bridgehead atoms. The van der Waals surface area contributed by atoms with Gasteiger partial charge in [-0.25, -0.2) is 0 Å². The summed E-state index contributed by atoms with van der Waals surface area (Å²) in [5.41, 5.74) is 1.64. The maximum atomic E-state index is 9.10. The summed E-state index contributed by atoms with van der Waals surface area (Å²) < 4.78 is 6.35. The minimum Gasteiger partial charge on any atom is -0.444 e. The van der Waals surface area contributed by atoms with Crippen molar-refractivity contribution in [2.75, 3.05) is 0 Å². The van der Waals surface area contributed by atoms with Crippen molar-refractivity contribution >= 4 is 38.5 Å². The van der Waals surface area contributed by atoms with Crippen molar-refractivity contribution in [2.45, 2.75) is 20.3 Å². The second kappa shape index (κ2) is 4.72. The molecular formula is C13H11BrClNO. The normalized spacial score (nSPS) is 11.1. The molecule has 88 valence electrons. The Morgan fingerprint density at radius 2 is 2.18 bits per heavy atom. The zero-order valence-corrected chi connectivity index (χ0v) is 11.9. The number of hydrogen-bond acceptors (Lipinski definition) is 2. The van der Waals surface area contributed by atoms with Crippen molar-refractivity contribution in [1.29, 1.82) is 5.26 Å². The van der Waals surface area contributed by atoms with E-state index in [1.807, 2.05) is 6.07 Å². The highest BCUT2D eigenvalue weighted by molar-refractivity contribution is 9.10. The highest BCUT2D eigenvalue weighted by Crippen LogP contribution is 2.35. The molecule has 0 aliphatic rings. The minimum absolute atomic E-state index is 0.386. The van der Waals surface area contributed by atoms with E-state index in [0.29, 0.717) is 22.3 Å². The quantitative estimate of drug-likeness (QED) is 0.789. The van der Waals surface area contributed by atoms with Crippen LogP contribution in [0, 0.1) is 17.2 Å². The van der Waals surface area contributed by atoms with E-state index in [1.54, 1.807) is 6.07 Å². The molecule has 2 nitrogen and oxygen atoms in total. The Labute approximate surface area is 113 Å². The zero-order chi connectivity index (χ0) is 12.6. The largest absolute Gasteiger partial charge is 0.444 e. The fourth-order valence-electron chi connectivity index (χ4n) is 1.88. The Hall–Kier alpha value is -0.980. The van der Waals surface area contributed by atoms with Gasteiger partial charge in [0.25, 0.3) is 0 Å². The van der Waals surface area contributed by atoms with Crippen molar-refractivity contribution in [1.82, 2.24) is 0 Å². The molecule has 0 aliphatic carbocycles. The van der Waals surface area contributed by atoms with Gasteiger partial charge < -0.3 is 4.42 Å². The van der Waals surface area contributed by atoms with Gasteiger partial charge in [0.05, 0.1) is 4.47 Å². The lowest BCUT2D eigenvalue weighted by Gasteiger charge is -2.03. The Kier molecular flexibility index (Phi) is 3.46. The van der Waals surface area contributed by atoms with Crippen LogP contribution in [0.25, 0.3) is 11.0 Å². The first kappa shape index (κ1) is 12.5. The van der Waals surface area contributed by atoms with E-state index >= 15 is 0 Å². The molecule has 1 aromatic carbocycles. The van der Waals surface area contributed by atoms with Gasteiger partial charge in [0.15, 0.2) is 0 Å². The lowest BCUT2D eigenvalue weighted by molar-refractivity contribution is 0.578. The Morgan fingerprint density at radius 3 is 2.76 bits per heavy atom. The first-order valence-electron chi connectivity index (χ1n) is 5.33. The first-order valence-corrected chi connectivity index (χ1v) is 6.50. The van der Waals surface area contributed by atoms with Gasteiger partial charge in [0.1, 0.15) is 11.7 Å². The Balaban J connectivity index is 2.75. The molecule has 2 aromatic rings. The van der Waals surface area contributed by atoms with Gasteiger partial charge in [-0.05, 0) is 40.4 Å². The van der Waals surface area contributed by atoms with E-state index in [1.165, 1.54) is 0 Å². The highest BCUT2D eigenvalue weighted by atomic mass is 79.9. The molecule has 1 heterocycles. The van der Waals surface area contributed by atoms with Gasteiger partial charge in [-0.1, -0.05) is 25.4 Å². The average molecular weight is 313 g/mol. The lowest BCUT2D eigenvalue weighted by atomic mass is 10.0. The molecule has 0 fully saturated rings. The van der Waals surface area contributed by atoms with Crippen molar-refractivity contribution in [3.05, 3.63) is 33.0 Å². The zero-order valence-electron chi connectivity index (χ0n) is 9.55. The molecule has 0 unspecified atom stereocenters. The van der Waals surface area contributed by atoms with E-state index in [0.717, 1.165) is 21.8 Å². The van der Waals surface area contributed by atoms with Crippen molar-refractivity contribution in [2.24, 2.45) is 5.92 Å². The standard InChI is InChI=1S/C13H11BrClNO/c1-7(2)3-9-10-4-8(15)5-11(14)13(10)17-12(9)6-16/h4-5,7H,3H2,1-2H3. The number of benzene rings is 1. The molecule has 4 heteroatoms. The van der Waals surface area contributed by atoms with Crippen molar-refractivity contribution < 1.29 is 4.42 Å². The van der Waals surface area contributed by atoms with Crippen LogP contribution in [0.5, 0.6) is 0 Å². The van der Waals surface area contributed by atoms with Gasteiger partial charge >= 0.3 is 0 Å². The van der Waals surface area contributed by atoms with Crippen LogP contribution in [0.4, 0.5) is 0 Å². The van der Waals surface area contributed by atoms with Gasteiger partial charge in [0.2, 0.25) is 5.76 Å². The van der Waals surface area contributed by atoms with Crippen LogP contribution in [0.1, 0.15) is 25.2 Å². The second-order valence-corrected chi connectivity index (χ2v) is 5.67. The molecule has 2 rings (SSSR count). The van der Waals surface area contributed by atoms with Crippen LogP contribution >= 0.6 is 27.5 Å². The van der Waals surface area contributed by atoms with E-state index in [2.05, 4.69) is 35.8 Å². The van der Waals surface area contributed by atoms with E-state index < -0.39 is 0 Å². The number of hydrogen-bond donors (Lipinski definition) is 0. The maximum absolute atomic E-state index is 9.10. The van der Waals surface area contributed by atoms with Crippen molar-refractivity contribution in [3.8, 4) is 6.07 Å². The third-order valence-corrected chi connectivity index (χ3v) is 3.33. The maximum Gasteiger partial charge on any atom is 0.208 e. The van der Waals surface area contributed by atoms with Crippen LogP contribution in [0.15, 0.2) is 21.0 Å². The van der Waals surface area contributed by atoms with E-state index in [9.17, 15) is 0 Å². The third-order valence-electron chi connectivity index (χ3n) is 2.53. The predicted molar refractivity (Wildman–Crippen MR) is 72.2 cm³/mol. The fourth-order valence-corrected chi connectivity index (χ4v) is 2.77. The Morgan fingerprint density at radius 1 is 1.47 bits per heavy atom. The second-order valence-electron chi connectivity index (χ2n) is 4.38. The SMILES string of the molecule is CC(C)Cc1c(C#N)oc2c(Br)cc(Cl)cc12. The topological polar surface area (TPSA) is 36.9 Å². The van der Waals surface area contributed by atoms with Crippen LogP contribution in [0.3, 0.4) is 0 Å². The number of nitriles is 1. The van der Waals surface area contributed by atoms with Gasteiger partial charge in [-0.15, -0.1) is 0 Å². The molecule has 0 radical (unpaired) electrons. The molecule has 0 saturated heterocycles. The van der Waals surface area contributed by atoms with Crippen LogP contribution < -0.4 is 0 Å². The molecule has 0 atom stereocenters. The van der Waals surface area contributed by atoms with E-state index in [-0.39, 0.29) is 0 Å². The van der Waals surface area contributed by atoms with Gasteiger partial charge in [-0.2, -0.15) is 5.26 Å². The molecular weight excluding hydrogens is 302 g/mol. The molecule has 0 amide bonds. The average Bonchev–Trinajstić information content (AvgIpc) is 2.56. The summed E-state index contributed by atoms with van der Waals surface area (Å²) in [6.45, 7) is 4.22. The lowest BCUT2D eigenvalue weighted by Crippen LogP contribution is -1.94. The molecule has 0 saturated carbocycles. The highest BCUT2D eigenvalue weighted by Gasteiger charge is 2.17. The van der Waals surface area contributed by atoms with Crippen molar-refractivity contribution in [3.63, 3.8) is 0 Å². The number of rotatable bonds is 2. The molecule has 0 aliphatic heterocycles. The van der Waals surface area contributed by atoms with E-state index in [4.69, 9.17) is 21.3 Å². The molecule has 0 N–H and O–H groups in total. The number of nitrogens with zero attached hydrogens (tertiary/aromatic N) is 1. The Bertz CT molecular complexity index is 610. The first-order chi connectivity index (χ1) is 8.02. The summed E-state index contributed by atoms with van der Waals surface area (Å²) in [4.78, 5) is 0. The summed E-state index contributed by atoms with van der Waals surface area (Å²) in [5.74, 6) is 0.845. The summed E-state index contributed by atoms with van der Waals surface area (Å²) in [6.07, 6.45) is 0.808. The third kappa shape index (κ3) is 2.34. The smallest absolute Gasteiger partial charge is 0.208 e. The summed E-state index contributed by atoms with van der Waals surface area (Å²) in [7, 11) is 0. The van der Waals surface area contributed by atoms with Crippen LogP contribution in [0.2, 0.25) is 5.02 Å². The molecule has 1 aromatic heterocycles. The predicted octanol–water partition coefficient (Wildman–Crippen LogP) is 4.92. The molecule has 17 heavy (non-hydrogen) atoms. The van der Waals surface area contributed by atoms with Gasteiger partial charge in [-0.3, -0.25) is 0 Å².